The Morgan fingerprint density at radius 1 is 0.889 bits per heavy atom. The Morgan fingerprint density at radius 2 is 1.58 bits per heavy atom. The van der Waals surface area contributed by atoms with E-state index in [-0.39, 0.29) is 5.78 Å². The molecule has 2 aromatic heterocycles. The van der Waals surface area contributed by atoms with E-state index in [4.69, 9.17) is 19.2 Å². The van der Waals surface area contributed by atoms with Crippen molar-refractivity contribution >= 4 is 39.8 Å². The summed E-state index contributed by atoms with van der Waals surface area (Å²) in [6.45, 7) is 0. The number of aromatic nitrogens is 3. The molecule has 0 spiro atoms. The van der Waals surface area contributed by atoms with Gasteiger partial charge in [-0.15, -0.1) is 11.3 Å². The first kappa shape index (κ1) is 23.3. The van der Waals surface area contributed by atoms with Crippen LogP contribution in [0.5, 0.6) is 17.2 Å². The number of hydrogen-bond acceptors (Lipinski definition) is 7. The molecule has 0 unspecified atom stereocenters. The highest BCUT2D eigenvalue weighted by Crippen LogP contribution is 2.39. The summed E-state index contributed by atoms with van der Waals surface area (Å²) < 4.78 is 16.3. The zero-order valence-electron chi connectivity index (χ0n) is 19.9. The topological polar surface area (TPSA) is 86.3 Å². The number of ether oxygens (including phenoxy) is 3. The predicted molar refractivity (Wildman–Crippen MR) is 142 cm³/mol. The number of nitrogens with one attached hydrogen (secondary N) is 1. The molecule has 1 N–H and O–H groups in total. The summed E-state index contributed by atoms with van der Waals surface area (Å²) in [6, 6.07) is 20.8. The average Bonchev–Trinajstić information content (AvgIpc) is 3.58. The number of rotatable bonds is 8. The molecule has 3 aromatic carbocycles. The molecule has 0 amide bonds. The molecule has 0 radical (unpaired) electrons. The van der Waals surface area contributed by atoms with Crippen LogP contribution in [-0.2, 0) is 0 Å². The van der Waals surface area contributed by atoms with Crippen LogP contribution in [0.4, 0.5) is 0 Å². The van der Waals surface area contributed by atoms with E-state index < -0.39 is 0 Å². The molecular weight excluding hydrogens is 474 g/mol. The molecule has 5 aromatic rings. The third-order valence-corrected chi connectivity index (χ3v) is 6.56. The van der Waals surface area contributed by atoms with Crippen LogP contribution in [0.15, 0.2) is 72.1 Å². The van der Waals surface area contributed by atoms with Gasteiger partial charge in [0.2, 0.25) is 5.75 Å². The van der Waals surface area contributed by atoms with Crippen molar-refractivity contribution in [1.82, 2.24) is 15.0 Å². The number of Topliss-reactive ketones (excluding diaryl/α,β-unsaturated/α-hetero) is 1. The summed E-state index contributed by atoms with van der Waals surface area (Å²) in [5.74, 6) is 1.39. The molecule has 0 aliphatic rings. The van der Waals surface area contributed by atoms with Crippen LogP contribution >= 0.6 is 11.3 Å². The summed E-state index contributed by atoms with van der Waals surface area (Å²) in [4.78, 5) is 26.6. The lowest BCUT2D eigenvalue weighted by Crippen LogP contribution is -2.06. The Labute approximate surface area is 212 Å². The van der Waals surface area contributed by atoms with Crippen molar-refractivity contribution < 1.29 is 19.0 Å². The number of benzene rings is 3. The minimum Gasteiger partial charge on any atom is -0.493 e. The number of H-pyrrole nitrogens is 1. The van der Waals surface area contributed by atoms with Gasteiger partial charge in [0, 0.05) is 16.5 Å². The van der Waals surface area contributed by atoms with Crippen LogP contribution in [0.1, 0.15) is 21.9 Å². The minimum atomic E-state index is -0.262. The number of aromatic amines is 1. The molecule has 8 heteroatoms. The third kappa shape index (κ3) is 4.46. The fraction of sp³-hybridized carbons (Fsp3) is 0.107. The molecule has 2 heterocycles. The van der Waals surface area contributed by atoms with Crippen molar-refractivity contribution in [3.8, 4) is 27.8 Å². The molecule has 0 bridgehead atoms. The number of allylic oxidation sites excluding steroid dienone is 1. The maximum absolute atomic E-state index is 13.9. The number of nitrogens with zero attached hydrogens (tertiary/aromatic N) is 2. The second kappa shape index (κ2) is 10.1. The molecule has 0 saturated heterocycles. The number of carbonyl (C=O) groups excluding carboxylic acids is 1. The maximum atomic E-state index is 13.9. The molecule has 0 aliphatic carbocycles. The minimum absolute atomic E-state index is 0.262. The van der Waals surface area contributed by atoms with Gasteiger partial charge in [-0.2, -0.15) is 0 Å². The largest absolute Gasteiger partial charge is 0.493 e. The monoisotopic (exact) mass is 497 g/mol. The number of para-hydroxylation sites is 2. The summed E-state index contributed by atoms with van der Waals surface area (Å²) >= 11 is 1.52. The molecule has 180 valence electrons. The molecular formula is C28H23N3O4S. The Bertz CT molecular complexity index is 1510. The number of fused-ring (bicyclic) bond motifs is 1. The molecule has 0 saturated carbocycles. The highest BCUT2D eigenvalue weighted by atomic mass is 32.1. The number of carbonyl (C=O) groups is 1. The number of methoxy groups -OCH3 is 3. The van der Waals surface area contributed by atoms with Crippen molar-refractivity contribution in [2.24, 2.45) is 0 Å². The van der Waals surface area contributed by atoms with Crippen LogP contribution in [0, 0.1) is 0 Å². The van der Waals surface area contributed by atoms with E-state index in [1.807, 2.05) is 60.0 Å². The molecule has 36 heavy (non-hydrogen) atoms. The Morgan fingerprint density at radius 3 is 2.25 bits per heavy atom. The first-order valence-electron chi connectivity index (χ1n) is 11.1. The van der Waals surface area contributed by atoms with Crippen LogP contribution in [0.25, 0.3) is 33.3 Å². The van der Waals surface area contributed by atoms with Gasteiger partial charge in [-0.1, -0.05) is 42.5 Å². The zero-order chi connectivity index (χ0) is 25.1. The van der Waals surface area contributed by atoms with Crippen molar-refractivity contribution in [1.29, 1.82) is 0 Å². The van der Waals surface area contributed by atoms with Gasteiger partial charge in [-0.25, -0.2) is 9.97 Å². The maximum Gasteiger partial charge on any atom is 0.203 e. The molecule has 7 nitrogen and oxygen atoms in total. The quantitative estimate of drug-likeness (QED) is 0.205. The van der Waals surface area contributed by atoms with Gasteiger partial charge in [0.25, 0.3) is 0 Å². The Balaban J connectivity index is 1.64. The van der Waals surface area contributed by atoms with E-state index in [0.717, 1.165) is 21.6 Å². The van der Waals surface area contributed by atoms with Crippen LogP contribution in [0.2, 0.25) is 0 Å². The molecule has 0 aliphatic heterocycles. The van der Waals surface area contributed by atoms with E-state index >= 15 is 0 Å². The standard InChI is InChI=1S/C28H23N3O4S/c1-33-23-13-18(14-24(34-2)26(23)35-3)25(32)20(27-30-21-11-7-8-12-22(21)31-27)15-19-16-36-28(29-19)17-9-5-4-6-10-17/h4-16H,1-3H3,(H,30,31). The fourth-order valence-corrected chi connectivity index (χ4v) is 4.69. The number of ketones is 1. The van der Waals surface area contributed by atoms with Gasteiger partial charge in [-0.05, 0) is 30.3 Å². The van der Waals surface area contributed by atoms with E-state index in [9.17, 15) is 4.79 Å². The second-order valence-electron chi connectivity index (χ2n) is 7.85. The first-order chi connectivity index (χ1) is 17.6. The fourth-order valence-electron chi connectivity index (χ4n) is 3.90. The van der Waals surface area contributed by atoms with Crippen LogP contribution in [0.3, 0.4) is 0 Å². The van der Waals surface area contributed by atoms with Gasteiger partial charge in [0.1, 0.15) is 10.8 Å². The molecule has 0 fully saturated rings. The summed E-state index contributed by atoms with van der Waals surface area (Å²) in [6.07, 6.45) is 1.76. The highest BCUT2D eigenvalue weighted by Gasteiger charge is 2.23. The lowest BCUT2D eigenvalue weighted by molar-refractivity contribution is 0.105. The lowest BCUT2D eigenvalue weighted by Gasteiger charge is -2.14. The lowest BCUT2D eigenvalue weighted by atomic mass is 10.0. The van der Waals surface area contributed by atoms with E-state index in [1.54, 1.807) is 18.2 Å². The molecule has 0 atom stereocenters. The average molecular weight is 498 g/mol. The van der Waals surface area contributed by atoms with Crippen LogP contribution in [-0.4, -0.2) is 42.1 Å². The van der Waals surface area contributed by atoms with E-state index in [2.05, 4.69) is 9.97 Å². The van der Waals surface area contributed by atoms with Gasteiger partial charge in [0.15, 0.2) is 17.3 Å². The Hall–Kier alpha value is -4.43. The predicted octanol–water partition coefficient (Wildman–Crippen LogP) is 6.14. The van der Waals surface area contributed by atoms with Gasteiger partial charge < -0.3 is 19.2 Å². The number of imidazole rings is 1. The number of hydrogen-bond donors (Lipinski definition) is 1. The smallest absolute Gasteiger partial charge is 0.203 e. The van der Waals surface area contributed by atoms with Crippen molar-refractivity contribution in [2.75, 3.05) is 21.3 Å². The molecule has 5 rings (SSSR count). The van der Waals surface area contributed by atoms with Crippen molar-refractivity contribution in [2.45, 2.75) is 0 Å². The zero-order valence-corrected chi connectivity index (χ0v) is 20.8. The normalized spacial score (nSPS) is 11.5. The van der Waals surface area contributed by atoms with Gasteiger partial charge >= 0.3 is 0 Å². The van der Waals surface area contributed by atoms with Crippen LogP contribution < -0.4 is 14.2 Å². The summed E-state index contributed by atoms with van der Waals surface area (Å²) in [7, 11) is 4.55. The highest BCUT2D eigenvalue weighted by molar-refractivity contribution is 7.13. The van der Waals surface area contributed by atoms with Crippen molar-refractivity contribution in [3.63, 3.8) is 0 Å². The van der Waals surface area contributed by atoms with Crippen molar-refractivity contribution in [3.05, 3.63) is 89.2 Å². The Kier molecular flexibility index (Phi) is 6.51. The van der Waals surface area contributed by atoms with Gasteiger partial charge in [-0.3, -0.25) is 4.79 Å². The third-order valence-electron chi connectivity index (χ3n) is 5.65. The van der Waals surface area contributed by atoms with E-state index in [1.165, 1.54) is 32.7 Å². The first-order valence-corrected chi connectivity index (χ1v) is 12.0. The number of thiazole rings is 1. The van der Waals surface area contributed by atoms with E-state index in [0.29, 0.717) is 39.9 Å². The SMILES string of the molecule is COc1cc(C(=O)C(=Cc2csc(-c3ccccc3)n2)c2nc3ccccc3[nH]2)cc(OC)c1OC. The summed E-state index contributed by atoms with van der Waals surface area (Å²) in [5, 5.41) is 2.79. The second-order valence-corrected chi connectivity index (χ2v) is 8.71. The summed E-state index contributed by atoms with van der Waals surface area (Å²) in [5.41, 5.74) is 4.01. The van der Waals surface area contributed by atoms with Gasteiger partial charge in [0.05, 0.1) is 43.6 Å².